The number of anilines is 1. The van der Waals surface area contributed by atoms with Gasteiger partial charge in [0.1, 0.15) is 0 Å². The van der Waals surface area contributed by atoms with Crippen LogP contribution in [0.25, 0.3) is 0 Å². The summed E-state index contributed by atoms with van der Waals surface area (Å²) in [5, 5.41) is -1.49. The molecule has 0 saturated heterocycles. The molecule has 0 saturated carbocycles. The number of rotatable bonds is 2. The normalized spacial score (nSPS) is 10.9. The molecule has 1 aromatic carbocycles. The van der Waals surface area contributed by atoms with Gasteiger partial charge in [0.25, 0.3) is 0 Å². The highest BCUT2D eigenvalue weighted by Crippen LogP contribution is 2.18. The molecule has 0 spiro atoms. The van der Waals surface area contributed by atoms with E-state index in [1.807, 2.05) is 0 Å². The summed E-state index contributed by atoms with van der Waals surface area (Å²) >= 11 is 0. The first-order valence-electron chi connectivity index (χ1n) is 3.59. The van der Waals surface area contributed by atoms with Gasteiger partial charge in [-0.2, -0.15) is 0 Å². The summed E-state index contributed by atoms with van der Waals surface area (Å²) in [7, 11) is -4.25. The Hall–Kier alpha value is -1.69. The minimum absolute atomic E-state index is 0.0531. The van der Waals surface area contributed by atoms with Crippen molar-refractivity contribution in [3.63, 3.8) is 0 Å². The molecule has 0 atom stereocenters. The monoisotopic (exact) mass is 213 g/mol. The largest absolute Gasteiger partial charge is 0.398 e. The highest BCUT2D eigenvalue weighted by atomic mass is 32.2. The maximum absolute atomic E-state index is 11.3. The van der Waals surface area contributed by atoms with E-state index in [2.05, 4.69) is 0 Å². The first kappa shape index (κ1) is 10.4. The second-order valence-corrected chi connectivity index (χ2v) is 4.33. The Kier molecular flexibility index (Phi) is 2.66. The number of sulfone groups is 1. The molecular formula is C8H7NO4S. The molecule has 1 rings (SSSR count). The molecule has 0 radical (unpaired) electrons. The smallest absolute Gasteiger partial charge is 0.313 e. The summed E-state index contributed by atoms with van der Waals surface area (Å²) < 4.78 is 22.6. The predicted octanol–water partition coefficient (Wildman–Crippen LogP) is -0.232. The molecule has 5 nitrogen and oxygen atoms in total. The molecule has 0 amide bonds. The van der Waals surface area contributed by atoms with Crippen molar-refractivity contribution >= 4 is 26.9 Å². The average Bonchev–Trinajstić information content (AvgIpc) is 2.17. The minimum Gasteiger partial charge on any atom is -0.398 e. The summed E-state index contributed by atoms with van der Waals surface area (Å²) in [5.41, 5.74) is 5.30. The zero-order chi connectivity index (χ0) is 10.8. The maximum Gasteiger partial charge on any atom is 0.313 e. The van der Waals surface area contributed by atoms with Gasteiger partial charge < -0.3 is 5.73 Å². The number of nitrogen functional groups attached to an aromatic ring is 1. The van der Waals surface area contributed by atoms with Gasteiger partial charge in [-0.25, -0.2) is 8.42 Å². The molecule has 1 aromatic rings. The lowest BCUT2D eigenvalue weighted by Gasteiger charge is -2.01. The van der Waals surface area contributed by atoms with Gasteiger partial charge in [0.05, 0.1) is 10.6 Å². The maximum atomic E-state index is 11.3. The van der Waals surface area contributed by atoms with E-state index in [0.717, 1.165) is 0 Å². The van der Waals surface area contributed by atoms with Crippen LogP contribution >= 0.6 is 0 Å². The average molecular weight is 213 g/mol. The highest BCUT2D eigenvalue weighted by Gasteiger charge is 2.25. The lowest BCUT2D eigenvalue weighted by atomic mass is 10.3. The fourth-order valence-corrected chi connectivity index (χ4v) is 1.88. The third-order valence-corrected chi connectivity index (χ3v) is 3.15. The molecule has 6 heteroatoms. The number of benzene rings is 1. The van der Waals surface area contributed by atoms with Gasteiger partial charge in [-0.15, -0.1) is 0 Å². The van der Waals surface area contributed by atoms with Crippen LogP contribution in [-0.2, 0) is 19.4 Å². The van der Waals surface area contributed by atoms with Crippen molar-refractivity contribution in [2.75, 3.05) is 5.73 Å². The van der Waals surface area contributed by atoms with Crippen LogP contribution in [0.15, 0.2) is 29.2 Å². The van der Waals surface area contributed by atoms with E-state index < -0.39 is 15.0 Å². The highest BCUT2D eigenvalue weighted by molar-refractivity contribution is 8.07. The molecule has 0 aliphatic heterocycles. The van der Waals surface area contributed by atoms with Crippen molar-refractivity contribution in [3.8, 4) is 0 Å². The molecule has 0 aromatic heterocycles. The van der Waals surface area contributed by atoms with Gasteiger partial charge in [0, 0.05) is 0 Å². The molecule has 74 valence electrons. The van der Waals surface area contributed by atoms with Crippen molar-refractivity contribution in [2.45, 2.75) is 4.90 Å². The molecule has 0 fully saturated rings. The zero-order valence-electron chi connectivity index (χ0n) is 7.01. The van der Waals surface area contributed by atoms with Crippen LogP contribution in [0, 0.1) is 0 Å². The van der Waals surface area contributed by atoms with Crippen LogP contribution in [0.4, 0.5) is 5.69 Å². The predicted molar refractivity (Wildman–Crippen MR) is 49.1 cm³/mol. The number of hydrogen-bond donors (Lipinski definition) is 1. The van der Waals surface area contributed by atoms with Gasteiger partial charge in [-0.1, -0.05) is 12.1 Å². The Balaban J connectivity index is 3.38. The number of nitrogens with two attached hydrogens (primary N) is 1. The van der Waals surface area contributed by atoms with Crippen LogP contribution in [0.2, 0.25) is 0 Å². The van der Waals surface area contributed by atoms with Gasteiger partial charge in [-0.3, -0.25) is 9.59 Å². The number of carbonyl (C=O) groups is 2. The molecule has 0 unspecified atom stereocenters. The summed E-state index contributed by atoms with van der Waals surface area (Å²) in [5.74, 6) is 0. The van der Waals surface area contributed by atoms with Crippen molar-refractivity contribution in [3.05, 3.63) is 24.3 Å². The second kappa shape index (κ2) is 3.59. The van der Waals surface area contributed by atoms with Crippen molar-refractivity contribution < 1.29 is 18.0 Å². The van der Waals surface area contributed by atoms with Crippen LogP contribution in [0.5, 0.6) is 0 Å². The molecular weight excluding hydrogens is 206 g/mol. The first-order valence-corrected chi connectivity index (χ1v) is 5.07. The first-order chi connectivity index (χ1) is 6.50. The second-order valence-electron chi connectivity index (χ2n) is 2.48. The van der Waals surface area contributed by atoms with E-state index >= 15 is 0 Å². The van der Waals surface area contributed by atoms with Crippen molar-refractivity contribution in [1.29, 1.82) is 0 Å². The standard InChI is InChI=1S/C8H7NO4S/c9-6-3-1-2-4-7(6)14(12,13)8(11)5-10/h1-5H,9H2. The Morgan fingerprint density at radius 1 is 1.29 bits per heavy atom. The lowest BCUT2D eigenvalue weighted by Crippen LogP contribution is -2.17. The fourth-order valence-electron chi connectivity index (χ4n) is 0.897. The molecule has 0 bridgehead atoms. The summed E-state index contributed by atoms with van der Waals surface area (Å²) in [6, 6.07) is 5.46. The zero-order valence-corrected chi connectivity index (χ0v) is 7.82. The Labute approximate surface area is 80.4 Å². The van der Waals surface area contributed by atoms with E-state index in [-0.39, 0.29) is 16.9 Å². The van der Waals surface area contributed by atoms with E-state index in [4.69, 9.17) is 5.73 Å². The van der Waals surface area contributed by atoms with E-state index in [0.29, 0.717) is 0 Å². The Morgan fingerprint density at radius 3 is 2.36 bits per heavy atom. The summed E-state index contributed by atoms with van der Waals surface area (Å²) in [6.45, 7) is 0. The third-order valence-electron chi connectivity index (χ3n) is 1.57. The van der Waals surface area contributed by atoms with E-state index in [1.54, 1.807) is 0 Å². The third kappa shape index (κ3) is 1.64. The minimum atomic E-state index is -4.25. The number of para-hydroxylation sites is 1. The Bertz CT molecular complexity index is 478. The number of aldehydes is 1. The van der Waals surface area contributed by atoms with Crippen LogP contribution < -0.4 is 5.73 Å². The molecule has 14 heavy (non-hydrogen) atoms. The number of hydrogen-bond acceptors (Lipinski definition) is 5. The summed E-state index contributed by atoms with van der Waals surface area (Å²) in [4.78, 5) is 20.5. The quantitative estimate of drug-likeness (QED) is 0.416. The van der Waals surface area contributed by atoms with Gasteiger partial charge in [0.15, 0.2) is 0 Å². The van der Waals surface area contributed by atoms with E-state index in [1.165, 1.54) is 24.3 Å². The van der Waals surface area contributed by atoms with Crippen LogP contribution in [0.3, 0.4) is 0 Å². The van der Waals surface area contributed by atoms with Crippen LogP contribution in [0.1, 0.15) is 0 Å². The molecule has 2 N–H and O–H groups in total. The van der Waals surface area contributed by atoms with Crippen molar-refractivity contribution in [1.82, 2.24) is 0 Å². The molecule has 0 aliphatic rings. The number of carbonyl (C=O) groups excluding carboxylic acids is 2. The van der Waals surface area contributed by atoms with Crippen molar-refractivity contribution in [2.24, 2.45) is 0 Å². The summed E-state index contributed by atoms with van der Waals surface area (Å²) in [6.07, 6.45) is -0.248. The molecule has 0 heterocycles. The SMILES string of the molecule is Nc1ccccc1S(=O)(=O)C(=O)C=O. The van der Waals surface area contributed by atoms with E-state index in [9.17, 15) is 18.0 Å². The van der Waals surface area contributed by atoms with Gasteiger partial charge in [0.2, 0.25) is 16.1 Å². The van der Waals surface area contributed by atoms with Gasteiger partial charge in [-0.05, 0) is 12.1 Å². The van der Waals surface area contributed by atoms with Gasteiger partial charge >= 0.3 is 5.12 Å². The topological polar surface area (TPSA) is 94.3 Å². The van der Waals surface area contributed by atoms with Crippen LogP contribution in [-0.4, -0.2) is 19.8 Å². The Morgan fingerprint density at radius 2 is 1.86 bits per heavy atom. The fraction of sp³-hybridized carbons (Fsp3) is 0. The lowest BCUT2D eigenvalue weighted by molar-refractivity contribution is -0.124. The molecule has 0 aliphatic carbocycles.